The number of likely N-dealkylation sites (tertiary alicyclic amines) is 1. The van der Waals surface area contributed by atoms with Crippen LogP contribution in [0.1, 0.15) is 33.1 Å². The quantitative estimate of drug-likeness (QED) is 0.664. The van der Waals surface area contributed by atoms with Gasteiger partial charge < -0.3 is 21.1 Å². The Balaban J connectivity index is 2.66. The summed E-state index contributed by atoms with van der Waals surface area (Å²) in [5.41, 5.74) is 5.11. The Morgan fingerprint density at radius 3 is 2.44 bits per heavy atom. The molecule has 0 radical (unpaired) electrons. The summed E-state index contributed by atoms with van der Waals surface area (Å²) < 4.78 is 0. The smallest absolute Gasteiger partial charge is 0.312 e. The van der Waals surface area contributed by atoms with Crippen molar-refractivity contribution in [2.24, 2.45) is 11.7 Å². The highest BCUT2D eigenvalue weighted by atomic mass is 16.3. The third-order valence-electron chi connectivity index (χ3n) is 3.55. The van der Waals surface area contributed by atoms with Gasteiger partial charge in [-0.1, -0.05) is 20.3 Å². The van der Waals surface area contributed by atoms with Gasteiger partial charge in [0.25, 0.3) is 0 Å². The van der Waals surface area contributed by atoms with E-state index in [4.69, 9.17) is 5.73 Å². The maximum atomic E-state index is 12.3. The molecule has 18 heavy (non-hydrogen) atoms. The molecule has 1 aliphatic rings. The van der Waals surface area contributed by atoms with Gasteiger partial charge in [-0.05, 0) is 18.8 Å². The van der Waals surface area contributed by atoms with Crippen molar-refractivity contribution < 1.29 is 14.7 Å². The van der Waals surface area contributed by atoms with Crippen molar-refractivity contribution in [2.45, 2.75) is 45.3 Å². The number of nitrogens with one attached hydrogen (secondary N) is 1. The van der Waals surface area contributed by atoms with Crippen LogP contribution in [0.2, 0.25) is 0 Å². The standard InChI is InChI=1S/C12H23N3O3/c1-3-8(2)10(14-12(13)18)11(17)15-6-4-9(16)5-7-15/h8-10,16H,3-7H2,1-2H3,(H3,13,14,18). The highest BCUT2D eigenvalue weighted by Crippen LogP contribution is 2.15. The molecule has 0 spiro atoms. The number of nitrogens with zero attached hydrogens (tertiary/aromatic N) is 1. The van der Waals surface area contributed by atoms with Crippen LogP contribution >= 0.6 is 0 Å². The lowest BCUT2D eigenvalue weighted by molar-refractivity contribution is -0.136. The molecule has 104 valence electrons. The highest BCUT2D eigenvalue weighted by molar-refractivity contribution is 5.86. The van der Waals surface area contributed by atoms with Gasteiger partial charge in [0.15, 0.2) is 0 Å². The average molecular weight is 257 g/mol. The topological polar surface area (TPSA) is 95.7 Å². The molecule has 1 aliphatic heterocycles. The zero-order valence-corrected chi connectivity index (χ0v) is 11.1. The summed E-state index contributed by atoms with van der Waals surface area (Å²) >= 11 is 0. The van der Waals surface area contributed by atoms with E-state index >= 15 is 0 Å². The lowest BCUT2D eigenvalue weighted by atomic mass is 9.96. The summed E-state index contributed by atoms with van der Waals surface area (Å²) in [5, 5.41) is 11.9. The van der Waals surface area contributed by atoms with Gasteiger partial charge in [0.05, 0.1) is 6.10 Å². The van der Waals surface area contributed by atoms with Crippen molar-refractivity contribution in [1.82, 2.24) is 10.2 Å². The lowest BCUT2D eigenvalue weighted by Crippen LogP contribution is -2.54. The number of amides is 3. The molecular formula is C12H23N3O3. The third-order valence-corrected chi connectivity index (χ3v) is 3.55. The van der Waals surface area contributed by atoms with E-state index in [1.165, 1.54) is 0 Å². The molecule has 0 aromatic heterocycles. The van der Waals surface area contributed by atoms with Gasteiger partial charge in [-0.25, -0.2) is 4.79 Å². The number of rotatable bonds is 4. The minimum atomic E-state index is -0.675. The Bertz CT molecular complexity index is 301. The second-order valence-corrected chi connectivity index (χ2v) is 4.93. The Labute approximate surface area is 108 Å². The van der Waals surface area contributed by atoms with E-state index in [2.05, 4.69) is 5.32 Å². The molecule has 6 heteroatoms. The predicted octanol–water partition coefficient (Wildman–Crippen LogP) is 0.0527. The summed E-state index contributed by atoms with van der Waals surface area (Å²) in [6, 6.07) is -1.24. The van der Waals surface area contributed by atoms with Crippen LogP contribution in [0.15, 0.2) is 0 Å². The van der Waals surface area contributed by atoms with Crippen molar-refractivity contribution >= 4 is 11.9 Å². The molecule has 1 saturated heterocycles. The maximum absolute atomic E-state index is 12.3. The van der Waals surface area contributed by atoms with E-state index in [1.807, 2.05) is 13.8 Å². The third kappa shape index (κ3) is 3.87. The fourth-order valence-electron chi connectivity index (χ4n) is 2.12. The van der Waals surface area contributed by atoms with Crippen LogP contribution in [0.4, 0.5) is 4.79 Å². The molecule has 3 amide bonds. The van der Waals surface area contributed by atoms with Gasteiger partial charge in [-0.3, -0.25) is 4.79 Å². The average Bonchev–Trinajstić information content (AvgIpc) is 2.35. The minimum absolute atomic E-state index is 0.0387. The minimum Gasteiger partial charge on any atom is -0.393 e. The van der Waals surface area contributed by atoms with Crippen LogP contribution in [-0.2, 0) is 4.79 Å². The van der Waals surface area contributed by atoms with Crippen molar-refractivity contribution in [1.29, 1.82) is 0 Å². The van der Waals surface area contributed by atoms with Crippen LogP contribution in [0, 0.1) is 5.92 Å². The van der Waals surface area contributed by atoms with Gasteiger partial charge in [-0.15, -0.1) is 0 Å². The van der Waals surface area contributed by atoms with Crippen molar-refractivity contribution in [3.63, 3.8) is 0 Å². The number of piperidine rings is 1. The molecule has 2 atom stereocenters. The molecule has 1 fully saturated rings. The molecule has 1 rings (SSSR count). The summed E-state index contributed by atoms with van der Waals surface area (Å²) in [6.45, 7) is 4.95. The zero-order valence-electron chi connectivity index (χ0n) is 11.1. The molecule has 0 aromatic rings. The van der Waals surface area contributed by atoms with E-state index in [1.54, 1.807) is 4.90 Å². The summed E-state index contributed by atoms with van der Waals surface area (Å²) in [6.07, 6.45) is 1.65. The van der Waals surface area contributed by atoms with Crippen LogP contribution in [0.5, 0.6) is 0 Å². The number of hydrogen-bond donors (Lipinski definition) is 3. The lowest BCUT2D eigenvalue weighted by Gasteiger charge is -2.34. The van der Waals surface area contributed by atoms with E-state index in [0.29, 0.717) is 25.9 Å². The Morgan fingerprint density at radius 2 is 2.00 bits per heavy atom. The number of aliphatic hydroxyl groups is 1. The van der Waals surface area contributed by atoms with Gasteiger partial charge >= 0.3 is 6.03 Å². The molecule has 6 nitrogen and oxygen atoms in total. The van der Waals surface area contributed by atoms with Gasteiger partial charge in [0.1, 0.15) is 6.04 Å². The van der Waals surface area contributed by atoms with Crippen LogP contribution in [0.3, 0.4) is 0 Å². The largest absolute Gasteiger partial charge is 0.393 e. The molecule has 1 heterocycles. The monoisotopic (exact) mass is 257 g/mol. The molecule has 0 aromatic carbocycles. The first-order valence-corrected chi connectivity index (χ1v) is 6.48. The van der Waals surface area contributed by atoms with E-state index in [-0.39, 0.29) is 17.9 Å². The molecule has 2 unspecified atom stereocenters. The number of aliphatic hydroxyl groups excluding tert-OH is 1. The van der Waals surface area contributed by atoms with Gasteiger partial charge in [0.2, 0.25) is 5.91 Å². The zero-order chi connectivity index (χ0) is 13.7. The van der Waals surface area contributed by atoms with Gasteiger partial charge in [0, 0.05) is 13.1 Å². The number of hydrogen-bond acceptors (Lipinski definition) is 3. The van der Waals surface area contributed by atoms with E-state index in [9.17, 15) is 14.7 Å². The molecule has 0 saturated carbocycles. The highest BCUT2D eigenvalue weighted by Gasteiger charge is 2.31. The summed E-state index contributed by atoms with van der Waals surface area (Å²) in [7, 11) is 0. The number of nitrogens with two attached hydrogens (primary N) is 1. The molecule has 0 bridgehead atoms. The van der Waals surface area contributed by atoms with Crippen LogP contribution in [-0.4, -0.2) is 47.2 Å². The number of carbonyl (C=O) groups is 2. The normalized spacial score (nSPS) is 20.3. The molecule has 0 aliphatic carbocycles. The van der Waals surface area contributed by atoms with Crippen LogP contribution in [0.25, 0.3) is 0 Å². The first-order valence-electron chi connectivity index (χ1n) is 6.48. The fourth-order valence-corrected chi connectivity index (χ4v) is 2.12. The second kappa shape index (κ2) is 6.58. The Morgan fingerprint density at radius 1 is 1.44 bits per heavy atom. The Hall–Kier alpha value is -1.30. The first kappa shape index (κ1) is 14.8. The maximum Gasteiger partial charge on any atom is 0.312 e. The van der Waals surface area contributed by atoms with Crippen molar-refractivity contribution in [3.8, 4) is 0 Å². The summed E-state index contributed by atoms with van der Waals surface area (Å²) in [4.78, 5) is 25.0. The van der Waals surface area contributed by atoms with E-state index in [0.717, 1.165) is 6.42 Å². The van der Waals surface area contributed by atoms with Crippen LogP contribution < -0.4 is 11.1 Å². The SMILES string of the molecule is CCC(C)C(NC(N)=O)C(=O)N1CCC(O)CC1. The first-order chi connectivity index (χ1) is 8.45. The molecular weight excluding hydrogens is 234 g/mol. The second-order valence-electron chi connectivity index (χ2n) is 4.93. The molecule has 4 N–H and O–H groups in total. The number of carbonyl (C=O) groups excluding carboxylic acids is 2. The van der Waals surface area contributed by atoms with Gasteiger partial charge in [-0.2, -0.15) is 0 Å². The fraction of sp³-hybridized carbons (Fsp3) is 0.833. The number of primary amides is 1. The summed E-state index contributed by atoms with van der Waals surface area (Å²) in [5.74, 6) is -0.0631. The number of urea groups is 1. The van der Waals surface area contributed by atoms with E-state index < -0.39 is 12.1 Å². The predicted molar refractivity (Wildman–Crippen MR) is 67.8 cm³/mol. The van der Waals surface area contributed by atoms with Crippen molar-refractivity contribution in [3.05, 3.63) is 0 Å². The Kier molecular flexibility index (Phi) is 5.40. The van der Waals surface area contributed by atoms with Crippen molar-refractivity contribution in [2.75, 3.05) is 13.1 Å².